The monoisotopic (exact) mass is 296 g/mol. The van der Waals surface area contributed by atoms with E-state index in [9.17, 15) is 0 Å². The number of nitriles is 1. The van der Waals surface area contributed by atoms with E-state index in [0.29, 0.717) is 23.7 Å². The van der Waals surface area contributed by atoms with E-state index in [-0.39, 0.29) is 0 Å². The van der Waals surface area contributed by atoms with Crippen LogP contribution in [0, 0.1) is 11.3 Å². The lowest BCUT2D eigenvalue weighted by molar-refractivity contribution is 0.132. The van der Waals surface area contributed by atoms with E-state index in [4.69, 9.17) is 19.6 Å². The first-order valence-electron chi connectivity index (χ1n) is 6.64. The van der Waals surface area contributed by atoms with Crippen molar-refractivity contribution >= 4 is 6.21 Å². The number of methoxy groups -OCH3 is 2. The number of hydrogen-bond donors (Lipinski definition) is 0. The number of rotatable bonds is 6. The van der Waals surface area contributed by atoms with Gasteiger partial charge in [-0.05, 0) is 29.8 Å². The average molecular weight is 296 g/mol. The highest BCUT2D eigenvalue weighted by Gasteiger charge is 2.07. The Kier molecular flexibility index (Phi) is 5.38. The smallest absolute Gasteiger partial charge is 0.169 e. The number of ether oxygens (including phenoxy) is 2. The second-order valence-corrected chi connectivity index (χ2v) is 4.40. The van der Waals surface area contributed by atoms with Crippen LogP contribution >= 0.6 is 0 Å². The summed E-state index contributed by atoms with van der Waals surface area (Å²) in [6.07, 6.45) is 1.57. The summed E-state index contributed by atoms with van der Waals surface area (Å²) >= 11 is 0. The van der Waals surface area contributed by atoms with E-state index in [1.54, 1.807) is 32.6 Å². The van der Waals surface area contributed by atoms with Crippen LogP contribution in [-0.4, -0.2) is 20.4 Å². The number of para-hydroxylation sites is 1. The summed E-state index contributed by atoms with van der Waals surface area (Å²) in [6.45, 7) is 0.328. The van der Waals surface area contributed by atoms with Crippen molar-refractivity contribution in [1.29, 1.82) is 5.26 Å². The molecule has 0 aliphatic carbocycles. The van der Waals surface area contributed by atoms with Crippen LogP contribution in [0.25, 0.3) is 0 Å². The first-order valence-corrected chi connectivity index (χ1v) is 6.64. The van der Waals surface area contributed by atoms with Crippen LogP contribution in [0.3, 0.4) is 0 Å². The summed E-state index contributed by atoms with van der Waals surface area (Å²) in [7, 11) is 3.16. The fourth-order valence-electron chi connectivity index (χ4n) is 1.90. The minimum absolute atomic E-state index is 0.328. The van der Waals surface area contributed by atoms with E-state index in [1.807, 2.05) is 30.3 Å². The van der Waals surface area contributed by atoms with Crippen LogP contribution in [0.15, 0.2) is 47.6 Å². The fourth-order valence-corrected chi connectivity index (χ4v) is 1.90. The molecule has 2 aromatic carbocycles. The van der Waals surface area contributed by atoms with E-state index in [2.05, 4.69) is 11.2 Å². The van der Waals surface area contributed by atoms with Crippen LogP contribution in [0.4, 0.5) is 0 Å². The average Bonchev–Trinajstić information content (AvgIpc) is 2.58. The van der Waals surface area contributed by atoms with Crippen molar-refractivity contribution in [3.05, 3.63) is 59.2 Å². The standard InChI is InChI=1S/C17H16N2O3/c1-20-16-5-3-4-15(17(16)21-2)11-19-22-12-14-8-6-13(10-18)7-9-14/h3-9,11H,12H2,1-2H3/b19-11-. The molecule has 0 aliphatic rings. The third kappa shape index (κ3) is 3.76. The largest absolute Gasteiger partial charge is 0.493 e. The third-order valence-electron chi connectivity index (χ3n) is 3.01. The highest BCUT2D eigenvalue weighted by molar-refractivity contribution is 5.84. The Morgan fingerprint density at radius 1 is 1.09 bits per heavy atom. The predicted octanol–water partition coefficient (Wildman–Crippen LogP) is 3.13. The Morgan fingerprint density at radius 3 is 2.50 bits per heavy atom. The van der Waals surface area contributed by atoms with Gasteiger partial charge in [-0.15, -0.1) is 0 Å². The number of nitrogens with zero attached hydrogens (tertiary/aromatic N) is 2. The second-order valence-electron chi connectivity index (χ2n) is 4.40. The highest BCUT2D eigenvalue weighted by Crippen LogP contribution is 2.29. The Hall–Kier alpha value is -3.00. The zero-order valence-electron chi connectivity index (χ0n) is 12.4. The Morgan fingerprint density at radius 2 is 1.86 bits per heavy atom. The fraction of sp³-hybridized carbons (Fsp3) is 0.176. The molecule has 0 saturated heterocycles. The summed E-state index contributed by atoms with van der Waals surface area (Å²) in [5.74, 6) is 1.24. The molecule has 5 heteroatoms. The van der Waals surface area contributed by atoms with Gasteiger partial charge in [0.15, 0.2) is 11.5 Å². The van der Waals surface area contributed by atoms with Crippen molar-refractivity contribution in [1.82, 2.24) is 0 Å². The zero-order chi connectivity index (χ0) is 15.8. The first kappa shape index (κ1) is 15.4. The maximum absolute atomic E-state index is 8.73. The molecule has 0 heterocycles. The molecule has 0 unspecified atom stereocenters. The van der Waals surface area contributed by atoms with E-state index >= 15 is 0 Å². The second kappa shape index (κ2) is 7.70. The van der Waals surface area contributed by atoms with Gasteiger partial charge in [0, 0.05) is 5.56 Å². The van der Waals surface area contributed by atoms with Gasteiger partial charge in [0.25, 0.3) is 0 Å². The van der Waals surface area contributed by atoms with Gasteiger partial charge in [-0.25, -0.2) is 0 Å². The summed E-state index contributed by atoms with van der Waals surface area (Å²) in [5.41, 5.74) is 2.32. The van der Waals surface area contributed by atoms with Gasteiger partial charge >= 0.3 is 0 Å². The van der Waals surface area contributed by atoms with Crippen LogP contribution in [0.2, 0.25) is 0 Å². The van der Waals surface area contributed by atoms with Crippen LogP contribution in [0.1, 0.15) is 16.7 Å². The normalized spacial score (nSPS) is 10.2. The maximum Gasteiger partial charge on any atom is 0.169 e. The van der Waals surface area contributed by atoms with Crippen molar-refractivity contribution in [2.24, 2.45) is 5.16 Å². The lowest BCUT2D eigenvalue weighted by atomic mass is 10.2. The number of hydrogen-bond acceptors (Lipinski definition) is 5. The minimum Gasteiger partial charge on any atom is -0.493 e. The summed E-state index contributed by atoms with van der Waals surface area (Å²) in [6, 6.07) is 14.7. The molecule has 0 atom stereocenters. The van der Waals surface area contributed by atoms with Gasteiger partial charge in [0.05, 0.1) is 32.1 Å². The molecule has 22 heavy (non-hydrogen) atoms. The number of oxime groups is 1. The zero-order valence-corrected chi connectivity index (χ0v) is 12.4. The third-order valence-corrected chi connectivity index (χ3v) is 3.01. The molecule has 2 rings (SSSR count). The number of benzene rings is 2. The SMILES string of the molecule is COc1cccc(/C=N\OCc2ccc(C#N)cc2)c1OC. The molecule has 0 saturated carbocycles. The molecule has 2 aromatic rings. The van der Waals surface area contributed by atoms with Crippen molar-refractivity contribution in [2.75, 3.05) is 14.2 Å². The molecule has 0 radical (unpaired) electrons. The van der Waals surface area contributed by atoms with Gasteiger partial charge < -0.3 is 14.3 Å². The van der Waals surface area contributed by atoms with Gasteiger partial charge in [-0.3, -0.25) is 0 Å². The van der Waals surface area contributed by atoms with Crippen molar-refractivity contribution in [2.45, 2.75) is 6.61 Å². The summed E-state index contributed by atoms with van der Waals surface area (Å²) in [5, 5.41) is 12.7. The lowest BCUT2D eigenvalue weighted by Crippen LogP contribution is -1.95. The van der Waals surface area contributed by atoms with Gasteiger partial charge in [0.2, 0.25) is 0 Å². The topological polar surface area (TPSA) is 63.8 Å². The molecule has 0 spiro atoms. The van der Waals surface area contributed by atoms with Crippen molar-refractivity contribution in [3.63, 3.8) is 0 Å². The van der Waals surface area contributed by atoms with Crippen molar-refractivity contribution < 1.29 is 14.3 Å². The molecule has 0 aromatic heterocycles. The summed E-state index contributed by atoms with van der Waals surface area (Å²) in [4.78, 5) is 5.26. The molecule has 0 aliphatic heterocycles. The van der Waals surface area contributed by atoms with Crippen LogP contribution in [-0.2, 0) is 11.4 Å². The molecule has 0 bridgehead atoms. The molecule has 0 amide bonds. The van der Waals surface area contributed by atoms with Gasteiger partial charge in [0.1, 0.15) is 6.61 Å². The van der Waals surface area contributed by atoms with E-state index < -0.39 is 0 Å². The van der Waals surface area contributed by atoms with E-state index in [0.717, 1.165) is 11.1 Å². The Balaban J connectivity index is 1.99. The summed E-state index contributed by atoms with van der Waals surface area (Å²) < 4.78 is 10.5. The molecular weight excluding hydrogens is 280 g/mol. The molecule has 112 valence electrons. The maximum atomic E-state index is 8.73. The van der Waals surface area contributed by atoms with Crippen LogP contribution < -0.4 is 9.47 Å². The predicted molar refractivity (Wildman–Crippen MR) is 83.1 cm³/mol. The molecule has 0 fully saturated rings. The Bertz CT molecular complexity index is 688. The van der Waals surface area contributed by atoms with Gasteiger partial charge in [-0.2, -0.15) is 5.26 Å². The first-order chi connectivity index (χ1) is 10.8. The highest BCUT2D eigenvalue weighted by atomic mass is 16.6. The molecule has 0 N–H and O–H groups in total. The molecular formula is C17H16N2O3. The van der Waals surface area contributed by atoms with Crippen molar-refractivity contribution in [3.8, 4) is 17.6 Å². The van der Waals surface area contributed by atoms with Gasteiger partial charge in [-0.1, -0.05) is 23.4 Å². The van der Waals surface area contributed by atoms with E-state index in [1.165, 1.54) is 0 Å². The lowest BCUT2D eigenvalue weighted by Gasteiger charge is -2.09. The minimum atomic E-state index is 0.328. The Labute approximate surface area is 129 Å². The van der Waals surface area contributed by atoms with Crippen LogP contribution in [0.5, 0.6) is 11.5 Å². The molecule has 5 nitrogen and oxygen atoms in total. The quantitative estimate of drug-likeness (QED) is 0.607.